The Morgan fingerprint density at radius 1 is 0.841 bits per heavy atom. The van der Waals surface area contributed by atoms with E-state index in [-0.39, 0.29) is 32.6 Å². The van der Waals surface area contributed by atoms with Crippen LogP contribution in [0, 0.1) is 11.3 Å². The van der Waals surface area contributed by atoms with E-state index >= 15 is 0 Å². The summed E-state index contributed by atoms with van der Waals surface area (Å²) in [7, 11) is -19.1. The van der Waals surface area contributed by atoms with Gasteiger partial charge in [-0.25, -0.2) is 8.42 Å². The van der Waals surface area contributed by atoms with E-state index < -0.39 is 71.5 Å². The molecule has 3 aromatic carbocycles. The quantitative estimate of drug-likeness (QED) is 0.122. The summed E-state index contributed by atoms with van der Waals surface area (Å²) in [6.07, 6.45) is 0. The number of hydrogen-bond donors (Lipinski definition) is 5. The van der Waals surface area contributed by atoms with Crippen molar-refractivity contribution in [3.63, 3.8) is 0 Å². The van der Waals surface area contributed by atoms with Crippen molar-refractivity contribution in [1.82, 2.24) is 0 Å². The fourth-order valence-corrected chi connectivity index (χ4v) is 7.48. The average Bonchev–Trinajstić information content (AvgIpc) is 3.24. The van der Waals surface area contributed by atoms with Gasteiger partial charge in [0.15, 0.2) is 0 Å². The van der Waals surface area contributed by atoms with E-state index in [1.165, 1.54) is 31.2 Å². The number of nitrogens with two attached hydrogens (primary N) is 1. The minimum absolute atomic E-state index is 0.00521. The zero-order valence-corrected chi connectivity index (χ0v) is 26.0. The van der Waals surface area contributed by atoms with Crippen LogP contribution >= 0.6 is 11.3 Å². The third-order valence-electron chi connectivity index (χ3n) is 5.92. The fraction of sp³-hybridized carbons (Fsp3) is 0.0870. The molecule has 0 atom stereocenters. The Morgan fingerprint density at radius 3 is 1.93 bits per heavy atom. The van der Waals surface area contributed by atoms with Crippen molar-refractivity contribution >= 4 is 83.9 Å². The molecule has 4 aromatic rings. The number of azo groups is 1. The molecule has 0 spiro atoms. The lowest BCUT2D eigenvalue weighted by Gasteiger charge is -2.11. The highest BCUT2D eigenvalue weighted by Crippen LogP contribution is 2.45. The normalized spacial score (nSPS) is 12.9. The van der Waals surface area contributed by atoms with E-state index in [1.54, 1.807) is 0 Å². The molecule has 232 valence electrons. The van der Waals surface area contributed by atoms with Gasteiger partial charge in [-0.1, -0.05) is 23.5 Å². The maximum atomic E-state index is 12.2. The number of rotatable bonds is 9. The lowest BCUT2D eigenvalue weighted by atomic mass is 10.0. The zero-order chi connectivity index (χ0) is 32.8. The second kappa shape index (κ2) is 11.5. The maximum absolute atomic E-state index is 12.2. The lowest BCUT2D eigenvalue weighted by Crippen LogP contribution is -2.14. The fourth-order valence-electron chi connectivity index (χ4n) is 3.93. The second-order valence-electron chi connectivity index (χ2n) is 8.80. The Bertz CT molecular complexity index is 2340. The summed E-state index contributed by atoms with van der Waals surface area (Å²) in [5.74, 6) is -0.166. The van der Waals surface area contributed by atoms with Gasteiger partial charge in [-0.2, -0.15) is 30.5 Å². The van der Waals surface area contributed by atoms with Crippen molar-refractivity contribution in [2.75, 3.05) is 16.2 Å². The number of benzene rings is 3. The molecule has 0 fully saturated rings. The molecule has 0 saturated heterocycles. The first-order valence-electron chi connectivity index (χ1n) is 11.6. The van der Waals surface area contributed by atoms with Crippen LogP contribution in [0.5, 0.6) is 0 Å². The molecule has 4 rings (SSSR count). The number of nitrogens with one attached hydrogen (secondary N) is 1. The first-order valence-corrected chi connectivity index (χ1v) is 18.4. The predicted molar refractivity (Wildman–Crippen MR) is 160 cm³/mol. The number of nitrogen functional groups attached to an aromatic ring is 1. The Labute approximate surface area is 254 Å². The van der Waals surface area contributed by atoms with Gasteiger partial charge < -0.3 is 5.73 Å². The van der Waals surface area contributed by atoms with Gasteiger partial charge in [0.1, 0.15) is 25.9 Å². The summed E-state index contributed by atoms with van der Waals surface area (Å²) in [5.41, 5.74) is 6.36. The highest BCUT2D eigenvalue weighted by atomic mass is 32.2. The van der Waals surface area contributed by atoms with Crippen LogP contribution in [0.1, 0.15) is 12.5 Å². The first-order chi connectivity index (χ1) is 20.2. The van der Waals surface area contributed by atoms with E-state index in [9.17, 15) is 52.6 Å². The van der Waals surface area contributed by atoms with Crippen LogP contribution in [-0.4, -0.2) is 53.1 Å². The van der Waals surface area contributed by atoms with Gasteiger partial charge in [-0.05, 0) is 48.9 Å². The predicted octanol–water partition coefficient (Wildman–Crippen LogP) is 3.94. The van der Waals surface area contributed by atoms with Crippen molar-refractivity contribution in [2.24, 2.45) is 10.2 Å². The number of anilines is 2. The van der Waals surface area contributed by atoms with Crippen molar-refractivity contribution in [1.29, 1.82) is 5.26 Å². The van der Waals surface area contributed by atoms with Crippen LogP contribution in [0.4, 0.5) is 21.4 Å². The number of fused-ring (bicyclic) bond motifs is 1. The topological polar surface area (TPSA) is 284 Å². The van der Waals surface area contributed by atoms with Gasteiger partial charge in [0.25, 0.3) is 30.4 Å². The van der Waals surface area contributed by atoms with Crippen LogP contribution in [0.25, 0.3) is 21.9 Å². The number of sulfonamides is 1. The van der Waals surface area contributed by atoms with Gasteiger partial charge in [0, 0.05) is 22.0 Å². The molecule has 6 N–H and O–H groups in total. The van der Waals surface area contributed by atoms with Crippen LogP contribution < -0.4 is 10.5 Å². The summed E-state index contributed by atoms with van der Waals surface area (Å²) >= 11 is 0.808. The van der Waals surface area contributed by atoms with Crippen LogP contribution in [0.2, 0.25) is 0 Å². The van der Waals surface area contributed by atoms with Gasteiger partial charge in [0.2, 0.25) is 10.0 Å². The summed E-state index contributed by atoms with van der Waals surface area (Å²) < 4.78 is 127. The molecule has 1 aromatic heterocycles. The molecule has 0 bridgehead atoms. The molecule has 44 heavy (non-hydrogen) atoms. The van der Waals surface area contributed by atoms with E-state index in [4.69, 9.17) is 5.73 Å². The van der Waals surface area contributed by atoms with Gasteiger partial charge >= 0.3 is 0 Å². The summed E-state index contributed by atoms with van der Waals surface area (Å²) in [5, 5.41) is 16.4. The average molecular weight is 702 g/mol. The Kier molecular flexibility index (Phi) is 8.59. The van der Waals surface area contributed by atoms with Crippen molar-refractivity contribution in [3.05, 3.63) is 54.1 Å². The zero-order valence-electron chi connectivity index (χ0n) is 21.9. The molecule has 1 heterocycles. The molecule has 16 nitrogen and oxygen atoms in total. The Morgan fingerprint density at radius 2 is 1.41 bits per heavy atom. The Balaban J connectivity index is 1.92. The number of nitrogens with zero attached hydrogens (tertiary/aromatic N) is 3. The SMILES string of the molecule is CCS(=O)(=O)Nc1ccc(-c2c(N=Nc3cc(S(=O)(=O)O)c4cc(S(=O)(=O)O)cc(S(=O)(=O)O)c4c3)sc(N)c2C#N)cc1. The van der Waals surface area contributed by atoms with Crippen LogP contribution in [-0.2, 0) is 40.4 Å². The molecular formula is C23H19N5O11S5. The largest absolute Gasteiger partial charge is 0.389 e. The van der Waals surface area contributed by atoms with Crippen molar-refractivity contribution in [2.45, 2.75) is 21.6 Å². The van der Waals surface area contributed by atoms with Gasteiger partial charge in [0.05, 0.1) is 21.9 Å². The first kappa shape index (κ1) is 32.9. The summed E-state index contributed by atoms with van der Waals surface area (Å²) in [6, 6.07) is 10.3. The molecule has 0 amide bonds. The highest BCUT2D eigenvalue weighted by molar-refractivity contribution is 7.92. The minimum Gasteiger partial charge on any atom is -0.389 e. The second-order valence-corrected chi connectivity index (χ2v) is 16.0. The molecule has 0 aliphatic heterocycles. The van der Waals surface area contributed by atoms with Crippen molar-refractivity contribution in [3.8, 4) is 17.2 Å². The lowest BCUT2D eigenvalue weighted by molar-refractivity contribution is 0.478. The third-order valence-corrected chi connectivity index (χ3v) is 10.7. The van der Waals surface area contributed by atoms with E-state index in [1.807, 2.05) is 6.07 Å². The van der Waals surface area contributed by atoms with E-state index in [0.717, 1.165) is 23.5 Å². The minimum atomic E-state index is -5.24. The molecule has 21 heteroatoms. The monoisotopic (exact) mass is 701 g/mol. The van der Waals surface area contributed by atoms with E-state index in [0.29, 0.717) is 17.7 Å². The highest BCUT2D eigenvalue weighted by Gasteiger charge is 2.26. The standard InChI is InChI=1S/C23H19N5O11S5/c1-2-41(29,30)28-13-5-3-12(4-6-13)21-18(11-24)22(25)40-23(21)27-26-14-7-16-17(19(8-14)43(34,35)36)9-15(42(31,32)33)10-20(16)44(37,38)39/h3-10,28H,2,25H2,1H3,(H,31,32,33)(H,34,35,36)(H,37,38,39). The van der Waals surface area contributed by atoms with Crippen LogP contribution in [0.15, 0.2) is 73.4 Å². The number of hydrogen-bond acceptors (Lipinski definition) is 13. The molecule has 0 unspecified atom stereocenters. The summed E-state index contributed by atoms with van der Waals surface area (Å²) in [6.45, 7) is 1.45. The van der Waals surface area contributed by atoms with E-state index in [2.05, 4.69) is 15.0 Å². The van der Waals surface area contributed by atoms with Crippen molar-refractivity contribution < 1.29 is 47.3 Å². The number of nitriles is 1. The molecule has 0 radical (unpaired) electrons. The van der Waals surface area contributed by atoms with Gasteiger partial charge in [-0.15, -0.1) is 10.2 Å². The number of thiophene rings is 1. The molecular weight excluding hydrogens is 683 g/mol. The molecule has 0 aliphatic rings. The third kappa shape index (κ3) is 6.87. The smallest absolute Gasteiger partial charge is 0.295 e. The summed E-state index contributed by atoms with van der Waals surface area (Å²) in [4.78, 5) is -3.25. The molecule has 0 saturated carbocycles. The molecule has 0 aliphatic carbocycles. The van der Waals surface area contributed by atoms with Gasteiger partial charge in [-0.3, -0.25) is 18.4 Å². The van der Waals surface area contributed by atoms with Crippen LogP contribution in [0.3, 0.4) is 0 Å². The Hall–Kier alpha value is -4.01. The maximum Gasteiger partial charge on any atom is 0.295 e.